The average molecular weight is 414 g/mol. The van der Waals surface area contributed by atoms with Gasteiger partial charge in [0.2, 0.25) is 5.91 Å². The summed E-state index contributed by atoms with van der Waals surface area (Å²) in [6, 6.07) is 15.9. The number of alkyl carbamates (subject to hydrolysis) is 1. The van der Waals surface area contributed by atoms with Gasteiger partial charge in [0.15, 0.2) is 6.04 Å². The Bertz CT molecular complexity index is 826. The van der Waals surface area contributed by atoms with E-state index in [1.54, 1.807) is 0 Å². The molecule has 0 fully saturated rings. The van der Waals surface area contributed by atoms with Crippen molar-refractivity contribution in [2.24, 2.45) is 0 Å². The number of hydrogen-bond donors (Lipinski definition) is 3. The summed E-state index contributed by atoms with van der Waals surface area (Å²) in [4.78, 5) is 36.9. The molecule has 0 unspecified atom stereocenters. The molecule has 2 aromatic carbocycles. The van der Waals surface area contributed by atoms with Crippen molar-refractivity contribution in [3.8, 4) is 0 Å². The van der Waals surface area contributed by atoms with E-state index in [1.807, 2.05) is 60.7 Å². The Morgan fingerprint density at radius 2 is 1.50 bits per heavy atom. The minimum atomic E-state index is -1.26. The van der Waals surface area contributed by atoms with E-state index in [-0.39, 0.29) is 13.0 Å². The van der Waals surface area contributed by atoms with Gasteiger partial charge < -0.3 is 25.2 Å². The van der Waals surface area contributed by atoms with Crippen molar-refractivity contribution in [2.75, 3.05) is 7.11 Å². The molecular formula is C22H26N2O6. The van der Waals surface area contributed by atoms with Crippen molar-refractivity contribution in [1.82, 2.24) is 10.6 Å². The first-order valence-electron chi connectivity index (χ1n) is 9.48. The van der Waals surface area contributed by atoms with Gasteiger partial charge in [0.25, 0.3) is 0 Å². The van der Waals surface area contributed by atoms with Gasteiger partial charge in [-0.05, 0) is 18.1 Å². The molecule has 3 atom stereocenters. The van der Waals surface area contributed by atoms with E-state index in [4.69, 9.17) is 4.74 Å². The molecule has 0 saturated heterocycles. The number of aliphatic hydroxyl groups excluding tert-OH is 1. The molecule has 30 heavy (non-hydrogen) atoms. The highest BCUT2D eigenvalue weighted by Gasteiger charge is 2.30. The standard InChI is InChI=1S/C22H26N2O6/c1-15(25)19(21(27)29-2)24-20(26)18(13-16-9-5-3-6-10-16)23-22(28)30-14-17-11-7-4-8-12-17/h3-12,15,18-19,25H,13-14H2,1-2H3,(H,23,28)(H,24,26)/t15-,18+,19-/m1/s1. The third-order valence-electron chi connectivity index (χ3n) is 4.34. The van der Waals surface area contributed by atoms with Crippen molar-refractivity contribution in [3.05, 3.63) is 71.8 Å². The largest absolute Gasteiger partial charge is 0.467 e. The molecular weight excluding hydrogens is 388 g/mol. The molecule has 0 saturated carbocycles. The van der Waals surface area contributed by atoms with Crippen molar-refractivity contribution in [1.29, 1.82) is 0 Å². The van der Waals surface area contributed by atoms with Crippen molar-refractivity contribution in [2.45, 2.75) is 38.1 Å². The van der Waals surface area contributed by atoms with Crippen LogP contribution in [-0.2, 0) is 32.1 Å². The summed E-state index contributed by atoms with van der Waals surface area (Å²) < 4.78 is 9.81. The topological polar surface area (TPSA) is 114 Å². The highest BCUT2D eigenvalue weighted by Crippen LogP contribution is 2.07. The van der Waals surface area contributed by atoms with Crippen LogP contribution in [0.4, 0.5) is 4.79 Å². The number of rotatable bonds is 9. The lowest BCUT2D eigenvalue weighted by Crippen LogP contribution is -2.55. The first kappa shape index (κ1) is 22.9. The maximum atomic E-state index is 12.8. The van der Waals surface area contributed by atoms with Crippen molar-refractivity contribution < 1.29 is 29.0 Å². The highest BCUT2D eigenvalue weighted by atomic mass is 16.5. The van der Waals surface area contributed by atoms with Gasteiger partial charge in [-0.25, -0.2) is 9.59 Å². The van der Waals surface area contributed by atoms with Crippen LogP contribution in [0.5, 0.6) is 0 Å². The summed E-state index contributed by atoms with van der Waals surface area (Å²) in [5.74, 6) is -1.43. The summed E-state index contributed by atoms with van der Waals surface area (Å²) in [5.41, 5.74) is 1.60. The molecule has 0 aliphatic heterocycles. The Morgan fingerprint density at radius 3 is 2.03 bits per heavy atom. The highest BCUT2D eigenvalue weighted by molar-refractivity contribution is 5.90. The normalized spacial score (nSPS) is 13.4. The second-order valence-corrected chi connectivity index (χ2v) is 6.70. The van der Waals surface area contributed by atoms with Gasteiger partial charge in [-0.3, -0.25) is 4.79 Å². The van der Waals surface area contributed by atoms with Crippen molar-refractivity contribution >= 4 is 18.0 Å². The smallest absolute Gasteiger partial charge is 0.408 e. The number of hydrogen-bond acceptors (Lipinski definition) is 6. The second kappa shape index (κ2) is 11.6. The van der Waals surface area contributed by atoms with E-state index in [2.05, 4.69) is 15.4 Å². The summed E-state index contributed by atoms with van der Waals surface area (Å²) in [7, 11) is 1.16. The quantitative estimate of drug-likeness (QED) is 0.537. The second-order valence-electron chi connectivity index (χ2n) is 6.70. The summed E-state index contributed by atoms with van der Waals surface area (Å²) >= 11 is 0. The molecule has 2 amide bonds. The Labute approximate surface area is 175 Å². The number of ether oxygens (including phenoxy) is 2. The summed E-state index contributed by atoms with van der Waals surface area (Å²) in [6.45, 7) is 1.40. The Kier molecular flexibility index (Phi) is 8.83. The number of amides is 2. The summed E-state index contributed by atoms with van der Waals surface area (Å²) in [5, 5.41) is 14.8. The maximum Gasteiger partial charge on any atom is 0.408 e. The van der Waals surface area contributed by atoms with Crippen LogP contribution < -0.4 is 10.6 Å². The number of carbonyl (C=O) groups excluding carboxylic acids is 3. The minimum Gasteiger partial charge on any atom is -0.467 e. The molecule has 2 aromatic rings. The first-order chi connectivity index (χ1) is 14.4. The zero-order valence-electron chi connectivity index (χ0n) is 16.9. The fourth-order valence-electron chi connectivity index (χ4n) is 2.72. The Hall–Kier alpha value is -3.39. The van der Waals surface area contributed by atoms with Crippen molar-refractivity contribution in [3.63, 3.8) is 0 Å². The molecule has 0 aliphatic carbocycles. The van der Waals surface area contributed by atoms with Gasteiger partial charge in [-0.2, -0.15) is 0 Å². The minimum absolute atomic E-state index is 0.0464. The monoisotopic (exact) mass is 414 g/mol. The van der Waals surface area contributed by atoms with Gasteiger partial charge in [0, 0.05) is 6.42 Å². The van der Waals surface area contributed by atoms with Crippen LogP contribution in [0.1, 0.15) is 18.1 Å². The first-order valence-corrected chi connectivity index (χ1v) is 9.48. The number of aliphatic hydroxyl groups is 1. The van der Waals surface area contributed by atoms with Gasteiger partial charge >= 0.3 is 12.1 Å². The molecule has 8 heteroatoms. The fourth-order valence-corrected chi connectivity index (χ4v) is 2.72. The molecule has 0 aromatic heterocycles. The van der Waals surface area contributed by atoms with Crippen LogP contribution in [0.25, 0.3) is 0 Å². The van der Waals surface area contributed by atoms with E-state index >= 15 is 0 Å². The van der Waals surface area contributed by atoms with Crippen LogP contribution >= 0.6 is 0 Å². The van der Waals surface area contributed by atoms with E-state index < -0.39 is 36.2 Å². The van der Waals surface area contributed by atoms with Crippen LogP contribution in [0.15, 0.2) is 60.7 Å². The lowest BCUT2D eigenvalue weighted by molar-refractivity contribution is -0.148. The number of carbonyl (C=O) groups is 3. The Morgan fingerprint density at radius 1 is 0.933 bits per heavy atom. The molecule has 3 N–H and O–H groups in total. The molecule has 160 valence electrons. The van der Waals surface area contributed by atoms with Gasteiger partial charge in [0.1, 0.15) is 12.6 Å². The number of benzene rings is 2. The van der Waals surface area contributed by atoms with E-state index in [0.717, 1.165) is 18.2 Å². The third-order valence-corrected chi connectivity index (χ3v) is 4.34. The molecule has 0 heterocycles. The van der Waals surface area contributed by atoms with Crippen LogP contribution in [0.3, 0.4) is 0 Å². The van der Waals surface area contributed by atoms with Crippen LogP contribution in [-0.4, -0.2) is 48.4 Å². The lowest BCUT2D eigenvalue weighted by Gasteiger charge is -2.23. The van der Waals surface area contributed by atoms with Crippen LogP contribution in [0, 0.1) is 0 Å². The predicted octanol–water partition coefficient (Wildman–Crippen LogP) is 1.56. The molecule has 0 spiro atoms. The van der Waals surface area contributed by atoms with Gasteiger partial charge in [-0.1, -0.05) is 60.7 Å². The van der Waals surface area contributed by atoms with E-state index in [0.29, 0.717) is 0 Å². The molecule has 0 radical (unpaired) electrons. The number of methoxy groups -OCH3 is 1. The Balaban J connectivity index is 2.08. The molecule has 2 rings (SSSR count). The van der Waals surface area contributed by atoms with E-state index in [1.165, 1.54) is 6.92 Å². The zero-order valence-corrected chi connectivity index (χ0v) is 16.9. The van der Waals surface area contributed by atoms with Crippen LogP contribution in [0.2, 0.25) is 0 Å². The zero-order chi connectivity index (χ0) is 21.9. The molecule has 0 aliphatic rings. The average Bonchev–Trinajstić information content (AvgIpc) is 2.76. The van der Waals surface area contributed by atoms with Gasteiger partial charge in [-0.15, -0.1) is 0 Å². The maximum absolute atomic E-state index is 12.8. The summed E-state index contributed by atoms with van der Waals surface area (Å²) in [6.07, 6.45) is -1.79. The SMILES string of the molecule is COC(=O)[C@H](NC(=O)[C@H](Cc1ccccc1)NC(=O)OCc1ccccc1)[C@@H](C)O. The van der Waals surface area contributed by atoms with E-state index in [9.17, 15) is 19.5 Å². The predicted molar refractivity (Wildman–Crippen MR) is 109 cm³/mol. The van der Waals surface area contributed by atoms with Gasteiger partial charge in [0.05, 0.1) is 13.2 Å². The third kappa shape index (κ3) is 7.21. The molecule has 8 nitrogen and oxygen atoms in total. The number of nitrogens with one attached hydrogen (secondary N) is 2. The lowest BCUT2D eigenvalue weighted by atomic mass is 10.0. The molecule has 0 bridgehead atoms. The number of esters is 1. The fraction of sp³-hybridized carbons (Fsp3) is 0.318.